The molecule has 0 bridgehead atoms. The molecule has 0 aliphatic carbocycles. The van der Waals surface area contributed by atoms with E-state index in [0.29, 0.717) is 0 Å². The van der Waals surface area contributed by atoms with E-state index in [4.69, 9.17) is 0 Å². The van der Waals surface area contributed by atoms with Gasteiger partial charge in [0.2, 0.25) is 0 Å². The van der Waals surface area contributed by atoms with Crippen LogP contribution < -0.4 is 0 Å². The largest absolute Gasteiger partial charge is 0.410 e. The van der Waals surface area contributed by atoms with Crippen LogP contribution in [-0.2, 0) is 12.1 Å². The summed E-state index contributed by atoms with van der Waals surface area (Å²) in [5.41, 5.74) is 13.3. The molecule has 1 heterocycles. The van der Waals surface area contributed by atoms with E-state index in [9.17, 15) is 9.59 Å². The van der Waals surface area contributed by atoms with Crippen molar-refractivity contribution in [1.82, 2.24) is 0 Å². The van der Waals surface area contributed by atoms with Crippen molar-refractivity contribution >= 4 is 30.1 Å². The van der Waals surface area contributed by atoms with Crippen LogP contribution in [0.5, 0.6) is 0 Å². The highest BCUT2D eigenvalue weighted by Crippen LogP contribution is 2.48. The SMILES string of the molecule is O[Si]1(O)Cc2cc(-c3ccccc3)c3cc(-c4ccccc4)ccc3c2-c2c(cc(-c3ccccc3)c3cc(-c4ccccc4)ccc23)C1. The average molecular weight is 647 g/mol. The van der Waals surface area contributed by atoms with Gasteiger partial charge in [-0.2, -0.15) is 0 Å². The van der Waals surface area contributed by atoms with Gasteiger partial charge < -0.3 is 9.59 Å². The van der Waals surface area contributed by atoms with Crippen LogP contribution >= 0.6 is 0 Å². The zero-order chi connectivity index (χ0) is 33.0. The van der Waals surface area contributed by atoms with Gasteiger partial charge in [-0.05, 0) is 100 Å². The molecular weight excluding hydrogens is 613 g/mol. The summed E-state index contributed by atoms with van der Waals surface area (Å²) >= 11 is 0. The quantitative estimate of drug-likeness (QED) is 0.187. The summed E-state index contributed by atoms with van der Waals surface area (Å²) < 4.78 is 0. The fourth-order valence-corrected chi connectivity index (χ4v) is 9.74. The van der Waals surface area contributed by atoms with Gasteiger partial charge in [-0.25, -0.2) is 0 Å². The lowest BCUT2D eigenvalue weighted by Crippen LogP contribution is -2.40. The number of rotatable bonds is 4. The van der Waals surface area contributed by atoms with Crippen LogP contribution in [0.3, 0.4) is 0 Å². The second kappa shape index (κ2) is 11.8. The highest BCUT2D eigenvalue weighted by atomic mass is 28.4. The molecule has 1 aliphatic heterocycles. The molecule has 0 unspecified atom stereocenters. The van der Waals surface area contributed by atoms with E-state index >= 15 is 0 Å². The number of benzene rings is 8. The Balaban J connectivity index is 1.41. The minimum Gasteiger partial charge on any atom is -0.410 e. The Hall–Kier alpha value is -5.58. The van der Waals surface area contributed by atoms with Crippen LogP contribution in [-0.4, -0.2) is 18.2 Å². The third kappa shape index (κ3) is 5.29. The average Bonchev–Trinajstić information content (AvgIpc) is 3.27. The Bertz CT molecular complexity index is 2310. The van der Waals surface area contributed by atoms with Crippen LogP contribution in [0.2, 0.25) is 0 Å². The third-order valence-corrected chi connectivity index (χ3v) is 11.9. The summed E-state index contributed by atoms with van der Waals surface area (Å²) in [6.45, 7) is 0. The smallest absolute Gasteiger partial charge is 0.341 e. The Morgan fingerprint density at radius 3 is 1.04 bits per heavy atom. The van der Waals surface area contributed by atoms with Gasteiger partial charge in [-0.3, -0.25) is 0 Å². The summed E-state index contributed by atoms with van der Waals surface area (Å²) in [7, 11) is -3.69. The topological polar surface area (TPSA) is 40.5 Å². The van der Waals surface area contributed by atoms with Crippen LogP contribution in [0, 0.1) is 0 Å². The molecule has 8 aromatic rings. The van der Waals surface area contributed by atoms with Crippen LogP contribution in [0.15, 0.2) is 170 Å². The Morgan fingerprint density at radius 1 is 0.327 bits per heavy atom. The first kappa shape index (κ1) is 29.5. The molecule has 0 spiro atoms. The van der Waals surface area contributed by atoms with Crippen molar-refractivity contribution in [2.45, 2.75) is 12.1 Å². The molecule has 2 nitrogen and oxygen atoms in total. The van der Waals surface area contributed by atoms with Crippen LogP contribution in [0.1, 0.15) is 11.1 Å². The van der Waals surface area contributed by atoms with E-state index < -0.39 is 8.56 Å². The predicted octanol–water partition coefficient (Wildman–Crippen LogP) is 10.9. The van der Waals surface area contributed by atoms with Gasteiger partial charge in [0.05, 0.1) is 0 Å². The molecule has 2 N–H and O–H groups in total. The second-order valence-corrected chi connectivity index (χ2v) is 15.9. The number of hydrogen-bond acceptors (Lipinski definition) is 2. The van der Waals surface area contributed by atoms with Gasteiger partial charge in [0.15, 0.2) is 0 Å². The molecule has 0 fully saturated rings. The Kier molecular flexibility index (Phi) is 7.14. The molecule has 1 aliphatic rings. The van der Waals surface area contributed by atoms with Crippen molar-refractivity contribution in [2.75, 3.05) is 0 Å². The molecule has 0 saturated heterocycles. The maximum atomic E-state index is 11.8. The van der Waals surface area contributed by atoms with Gasteiger partial charge in [-0.1, -0.05) is 158 Å². The molecular formula is C46H34O2Si. The van der Waals surface area contributed by atoms with Crippen molar-refractivity contribution in [3.63, 3.8) is 0 Å². The zero-order valence-corrected chi connectivity index (χ0v) is 28.0. The zero-order valence-electron chi connectivity index (χ0n) is 27.0. The number of hydrogen-bond donors (Lipinski definition) is 2. The fraction of sp³-hybridized carbons (Fsp3) is 0.0435. The van der Waals surface area contributed by atoms with Crippen LogP contribution in [0.25, 0.3) is 77.2 Å². The highest BCUT2D eigenvalue weighted by Gasteiger charge is 2.37. The maximum absolute atomic E-state index is 11.8. The molecule has 3 heteroatoms. The lowest BCUT2D eigenvalue weighted by atomic mass is 9.82. The molecule has 49 heavy (non-hydrogen) atoms. The standard InChI is InChI=1S/C46H34O2Si/c47-49(48)29-37-27-41(33-17-9-3-10-18-33)43-25-35(31-13-5-1-6-14-31)21-23-39(43)45(37)46-38(30-49)28-42(34-19-11-4-12-20-34)44-26-36(22-24-40(44)46)32-15-7-2-8-16-32/h1-28,47-48H,29-30H2. The first-order chi connectivity index (χ1) is 24.0. The first-order valence-electron chi connectivity index (χ1n) is 16.9. The Morgan fingerprint density at radius 2 is 0.673 bits per heavy atom. The maximum Gasteiger partial charge on any atom is 0.341 e. The molecule has 0 aromatic heterocycles. The van der Waals surface area contributed by atoms with E-state index in [1.165, 1.54) is 11.1 Å². The fourth-order valence-electron chi connectivity index (χ4n) is 7.84. The second-order valence-electron chi connectivity index (χ2n) is 13.2. The van der Waals surface area contributed by atoms with E-state index in [2.05, 4.69) is 158 Å². The minimum absolute atomic E-state index is 0.261. The molecule has 9 rings (SSSR count). The first-order valence-corrected chi connectivity index (χ1v) is 19.2. The van der Waals surface area contributed by atoms with Gasteiger partial charge in [0.25, 0.3) is 0 Å². The molecule has 8 aromatic carbocycles. The van der Waals surface area contributed by atoms with E-state index in [1.807, 2.05) is 12.1 Å². The van der Waals surface area contributed by atoms with Crippen LogP contribution in [0.4, 0.5) is 0 Å². The lowest BCUT2D eigenvalue weighted by molar-refractivity contribution is 0.357. The third-order valence-electron chi connectivity index (χ3n) is 10.0. The lowest BCUT2D eigenvalue weighted by Gasteiger charge is -2.21. The molecule has 0 radical (unpaired) electrons. The Labute approximate surface area is 287 Å². The molecule has 0 saturated carbocycles. The summed E-state index contributed by atoms with van der Waals surface area (Å²) in [4.78, 5) is 23.6. The summed E-state index contributed by atoms with van der Waals surface area (Å²) in [6.07, 6.45) is 0. The van der Waals surface area contributed by atoms with E-state index in [0.717, 1.165) is 77.2 Å². The molecule has 0 atom stereocenters. The van der Waals surface area contributed by atoms with E-state index in [-0.39, 0.29) is 12.1 Å². The normalized spacial score (nSPS) is 13.5. The highest BCUT2D eigenvalue weighted by molar-refractivity contribution is 6.64. The van der Waals surface area contributed by atoms with Gasteiger partial charge >= 0.3 is 8.56 Å². The van der Waals surface area contributed by atoms with Crippen molar-refractivity contribution in [3.05, 3.63) is 181 Å². The van der Waals surface area contributed by atoms with Crippen molar-refractivity contribution in [1.29, 1.82) is 0 Å². The van der Waals surface area contributed by atoms with Gasteiger partial charge in [-0.15, -0.1) is 0 Å². The van der Waals surface area contributed by atoms with Gasteiger partial charge in [0, 0.05) is 12.1 Å². The summed E-state index contributed by atoms with van der Waals surface area (Å²) in [6, 6.07) is 60.6. The summed E-state index contributed by atoms with van der Waals surface area (Å²) in [5.74, 6) is 0. The predicted molar refractivity (Wildman–Crippen MR) is 206 cm³/mol. The number of fused-ring (bicyclic) bond motifs is 7. The van der Waals surface area contributed by atoms with Crippen molar-refractivity contribution in [3.8, 4) is 55.6 Å². The monoisotopic (exact) mass is 646 g/mol. The van der Waals surface area contributed by atoms with Gasteiger partial charge in [0.1, 0.15) is 0 Å². The minimum atomic E-state index is -3.69. The molecule has 0 amide bonds. The van der Waals surface area contributed by atoms with Crippen molar-refractivity contribution in [2.24, 2.45) is 0 Å². The van der Waals surface area contributed by atoms with E-state index in [1.54, 1.807) is 0 Å². The molecule has 234 valence electrons. The van der Waals surface area contributed by atoms with Crippen molar-refractivity contribution < 1.29 is 9.59 Å². The summed E-state index contributed by atoms with van der Waals surface area (Å²) in [5, 5.41) is 4.57.